The second-order valence-electron chi connectivity index (χ2n) is 6.97. The number of carbonyl (C=O) groups excluding carboxylic acids is 1. The van der Waals surface area contributed by atoms with Crippen LogP contribution in [0.25, 0.3) is 0 Å². The van der Waals surface area contributed by atoms with Crippen LogP contribution in [0.2, 0.25) is 0 Å². The van der Waals surface area contributed by atoms with Gasteiger partial charge >= 0.3 is 5.97 Å². The van der Waals surface area contributed by atoms with E-state index in [1.54, 1.807) is 12.0 Å². The Morgan fingerprint density at radius 3 is 2.33 bits per heavy atom. The van der Waals surface area contributed by atoms with E-state index in [1.165, 1.54) is 0 Å². The highest BCUT2D eigenvalue weighted by Gasteiger charge is 2.53. The van der Waals surface area contributed by atoms with Crippen molar-refractivity contribution in [3.05, 3.63) is 0 Å². The van der Waals surface area contributed by atoms with Crippen molar-refractivity contribution in [3.63, 3.8) is 0 Å². The summed E-state index contributed by atoms with van der Waals surface area (Å²) < 4.78 is 5.14. The fraction of sp³-hybridized carbons (Fsp3) is 0.875. The molecule has 1 aliphatic heterocycles. The molecule has 0 spiro atoms. The lowest BCUT2D eigenvalue weighted by molar-refractivity contribution is -0.153. The fourth-order valence-corrected chi connectivity index (χ4v) is 3.71. The molecular formula is C16H27NO4. The Hall–Kier alpha value is -1.10. The van der Waals surface area contributed by atoms with E-state index >= 15 is 0 Å². The molecule has 0 aromatic rings. The molecule has 2 rings (SSSR count). The molecule has 2 aliphatic rings. The number of amides is 1. The molecular weight excluding hydrogens is 270 g/mol. The lowest BCUT2D eigenvalue weighted by atomic mass is 9.65. The average molecular weight is 297 g/mol. The van der Waals surface area contributed by atoms with E-state index in [9.17, 15) is 14.7 Å². The van der Waals surface area contributed by atoms with Crippen LogP contribution in [0.15, 0.2) is 0 Å². The number of hydrogen-bond acceptors (Lipinski definition) is 3. The third kappa shape index (κ3) is 2.68. The van der Waals surface area contributed by atoms with Crippen LogP contribution in [0.4, 0.5) is 0 Å². The third-order valence-electron chi connectivity index (χ3n) is 5.67. The first-order valence-electron chi connectivity index (χ1n) is 7.90. The van der Waals surface area contributed by atoms with Crippen LogP contribution in [0.5, 0.6) is 0 Å². The monoisotopic (exact) mass is 297 g/mol. The number of aliphatic carboxylic acids is 1. The van der Waals surface area contributed by atoms with E-state index in [0.29, 0.717) is 26.1 Å². The standard InChI is InChI=1S/C16H27NO4/c1-12(2)16(14(19)20)7-9-17(11-16)13(18)15(5-4-6-15)8-10-21-3/h12H,4-11H2,1-3H3,(H,19,20). The highest BCUT2D eigenvalue weighted by molar-refractivity contribution is 5.85. The van der Waals surface area contributed by atoms with Crippen LogP contribution in [-0.2, 0) is 14.3 Å². The van der Waals surface area contributed by atoms with Crippen molar-refractivity contribution in [2.45, 2.75) is 46.0 Å². The van der Waals surface area contributed by atoms with Gasteiger partial charge in [-0.25, -0.2) is 0 Å². The molecule has 1 saturated heterocycles. The Morgan fingerprint density at radius 1 is 1.29 bits per heavy atom. The minimum atomic E-state index is -0.776. The molecule has 0 aromatic carbocycles. The number of hydrogen-bond donors (Lipinski definition) is 1. The summed E-state index contributed by atoms with van der Waals surface area (Å²) in [6.45, 7) is 5.39. The van der Waals surface area contributed by atoms with E-state index in [4.69, 9.17) is 4.74 Å². The van der Waals surface area contributed by atoms with Gasteiger partial charge < -0.3 is 14.7 Å². The van der Waals surface area contributed by atoms with Gasteiger partial charge in [0.2, 0.25) is 5.91 Å². The lowest BCUT2D eigenvalue weighted by Crippen LogP contribution is -2.49. The Labute approximate surface area is 126 Å². The van der Waals surface area contributed by atoms with Gasteiger partial charge in [-0.05, 0) is 31.6 Å². The van der Waals surface area contributed by atoms with Crippen molar-refractivity contribution < 1.29 is 19.4 Å². The maximum absolute atomic E-state index is 12.9. The summed E-state index contributed by atoms with van der Waals surface area (Å²) >= 11 is 0. The zero-order chi connectivity index (χ0) is 15.7. The lowest BCUT2D eigenvalue weighted by Gasteiger charge is -2.43. The molecule has 1 N–H and O–H groups in total. The van der Waals surface area contributed by atoms with Crippen molar-refractivity contribution in [1.29, 1.82) is 0 Å². The second kappa shape index (κ2) is 5.95. The quantitative estimate of drug-likeness (QED) is 0.816. The van der Waals surface area contributed by atoms with Crippen LogP contribution in [0.3, 0.4) is 0 Å². The topological polar surface area (TPSA) is 66.8 Å². The van der Waals surface area contributed by atoms with Crippen LogP contribution in [0, 0.1) is 16.7 Å². The molecule has 5 heteroatoms. The second-order valence-corrected chi connectivity index (χ2v) is 6.97. The number of ether oxygens (including phenoxy) is 1. The number of rotatable bonds is 6. The van der Waals surface area contributed by atoms with Gasteiger partial charge in [-0.2, -0.15) is 0 Å². The first-order chi connectivity index (χ1) is 9.88. The first-order valence-corrected chi connectivity index (χ1v) is 7.90. The smallest absolute Gasteiger partial charge is 0.311 e. The Bertz CT molecular complexity index is 417. The molecule has 0 bridgehead atoms. The van der Waals surface area contributed by atoms with Gasteiger partial charge in [0.1, 0.15) is 0 Å². The van der Waals surface area contributed by atoms with Gasteiger partial charge in [0, 0.05) is 26.8 Å². The normalized spacial score (nSPS) is 27.7. The molecule has 0 radical (unpaired) electrons. The first kappa shape index (κ1) is 16.3. The molecule has 1 unspecified atom stereocenters. The minimum Gasteiger partial charge on any atom is -0.481 e. The molecule has 1 aliphatic carbocycles. The molecule has 21 heavy (non-hydrogen) atoms. The van der Waals surface area contributed by atoms with Crippen molar-refractivity contribution in [3.8, 4) is 0 Å². The highest BCUT2D eigenvalue weighted by atomic mass is 16.5. The van der Waals surface area contributed by atoms with E-state index in [-0.39, 0.29) is 17.2 Å². The predicted octanol–water partition coefficient (Wildman–Crippen LogP) is 2.15. The summed E-state index contributed by atoms with van der Waals surface area (Å²) in [5.74, 6) is -0.592. The van der Waals surface area contributed by atoms with E-state index < -0.39 is 11.4 Å². The van der Waals surface area contributed by atoms with Gasteiger partial charge in [-0.1, -0.05) is 20.3 Å². The molecule has 1 amide bonds. The van der Waals surface area contributed by atoms with Gasteiger partial charge in [-0.15, -0.1) is 0 Å². The van der Waals surface area contributed by atoms with E-state index in [2.05, 4.69) is 0 Å². The molecule has 120 valence electrons. The molecule has 1 saturated carbocycles. The van der Waals surface area contributed by atoms with Gasteiger partial charge in [0.05, 0.1) is 10.8 Å². The summed E-state index contributed by atoms with van der Waals surface area (Å²) in [7, 11) is 1.65. The number of methoxy groups -OCH3 is 1. The third-order valence-corrected chi connectivity index (χ3v) is 5.67. The van der Waals surface area contributed by atoms with Gasteiger partial charge in [-0.3, -0.25) is 9.59 Å². The maximum atomic E-state index is 12.9. The molecule has 5 nitrogen and oxygen atoms in total. The van der Waals surface area contributed by atoms with Crippen LogP contribution in [-0.4, -0.2) is 48.7 Å². The SMILES string of the molecule is COCCC1(C(=O)N2CCC(C(=O)O)(C(C)C)C2)CCC1. The van der Waals surface area contributed by atoms with Crippen molar-refractivity contribution >= 4 is 11.9 Å². The van der Waals surface area contributed by atoms with Crippen molar-refractivity contribution in [2.75, 3.05) is 26.8 Å². The van der Waals surface area contributed by atoms with Gasteiger partial charge in [0.25, 0.3) is 0 Å². The fourth-order valence-electron chi connectivity index (χ4n) is 3.71. The van der Waals surface area contributed by atoms with Crippen molar-refractivity contribution in [2.24, 2.45) is 16.7 Å². The predicted molar refractivity (Wildman–Crippen MR) is 78.9 cm³/mol. The van der Waals surface area contributed by atoms with Crippen LogP contribution in [0.1, 0.15) is 46.0 Å². The number of likely N-dealkylation sites (tertiary alicyclic amines) is 1. The zero-order valence-corrected chi connectivity index (χ0v) is 13.4. The number of carboxylic acids is 1. The molecule has 0 aromatic heterocycles. The number of carboxylic acid groups (broad SMARTS) is 1. The van der Waals surface area contributed by atoms with E-state index in [0.717, 1.165) is 25.7 Å². The van der Waals surface area contributed by atoms with Crippen LogP contribution < -0.4 is 0 Å². The minimum absolute atomic E-state index is 0.0316. The summed E-state index contributed by atoms with van der Waals surface area (Å²) in [6, 6.07) is 0. The number of carbonyl (C=O) groups is 2. The summed E-state index contributed by atoms with van der Waals surface area (Å²) in [5.41, 5.74) is -1.07. The average Bonchev–Trinajstić information content (AvgIpc) is 2.83. The molecule has 1 heterocycles. The van der Waals surface area contributed by atoms with Crippen LogP contribution >= 0.6 is 0 Å². The summed E-state index contributed by atoms with van der Waals surface area (Å²) in [5, 5.41) is 9.59. The van der Waals surface area contributed by atoms with E-state index in [1.807, 2.05) is 13.8 Å². The zero-order valence-electron chi connectivity index (χ0n) is 13.4. The van der Waals surface area contributed by atoms with Crippen molar-refractivity contribution in [1.82, 2.24) is 4.90 Å². The Balaban J connectivity index is 2.09. The molecule has 1 atom stereocenters. The van der Waals surface area contributed by atoms with Gasteiger partial charge in [0.15, 0.2) is 0 Å². The summed E-state index contributed by atoms with van der Waals surface area (Å²) in [4.78, 5) is 26.3. The summed E-state index contributed by atoms with van der Waals surface area (Å²) in [6.07, 6.45) is 4.21. The Morgan fingerprint density at radius 2 is 1.95 bits per heavy atom. The Kier molecular flexibility index (Phi) is 4.61. The maximum Gasteiger partial charge on any atom is 0.311 e. The highest BCUT2D eigenvalue weighted by Crippen LogP contribution is 2.48. The molecule has 2 fully saturated rings. The number of nitrogens with zero attached hydrogens (tertiary/aromatic N) is 1. The largest absolute Gasteiger partial charge is 0.481 e.